The minimum atomic E-state index is -0.922. The van der Waals surface area contributed by atoms with Gasteiger partial charge in [0.2, 0.25) is 5.43 Å². The second kappa shape index (κ2) is 7.08. The molecule has 2 aromatic carbocycles. The van der Waals surface area contributed by atoms with Crippen molar-refractivity contribution in [2.24, 2.45) is 0 Å². The Morgan fingerprint density at radius 3 is 2.77 bits per heavy atom. The van der Waals surface area contributed by atoms with Gasteiger partial charge >= 0.3 is 0 Å². The largest absolute Gasteiger partial charge is 0.502 e. The lowest BCUT2D eigenvalue weighted by Gasteiger charge is -2.52. The molecule has 1 aliphatic carbocycles. The molecule has 10 heteroatoms. The Bertz CT molecular complexity index is 1490. The van der Waals surface area contributed by atoms with Gasteiger partial charge in [-0.25, -0.2) is 8.78 Å². The minimum Gasteiger partial charge on any atom is -0.502 e. The van der Waals surface area contributed by atoms with Crippen LogP contribution < -0.4 is 10.4 Å². The fourth-order valence-corrected chi connectivity index (χ4v) is 6.91. The lowest BCUT2D eigenvalue weighted by Crippen LogP contribution is -2.68. The Labute approximate surface area is 202 Å². The van der Waals surface area contributed by atoms with Crippen molar-refractivity contribution in [1.82, 2.24) is 9.58 Å². The number of ether oxygens (including phenoxy) is 1. The molecule has 0 bridgehead atoms. The van der Waals surface area contributed by atoms with Crippen LogP contribution in [0.2, 0.25) is 0 Å². The van der Waals surface area contributed by atoms with Gasteiger partial charge in [0.15, 0.2) is 28.7 Å². The number of pyridine rings is 1. The van der Waals surface area contributed by atoms with Crippen LogP contribution in [0.3, 0.4) is 0 Å². The van der Waals surface area contributed by atoms with Crippen molar-refractivity contribution in [3.63, 3.8) is 0 Å². The molecule has 3 aliphatic heterocycles. The first-order valence-electron chi connectivity index (χ1n) is 11.3. The molecule has 1 saturated carbocycles. The van der Waals surface area contributed by atoms with E-state index >= 15 is 4.39 Å². The van der Waals surface area contributed by atoms with E-state index in [1.165, 1.54) is 28.7 Å². The number of fused-ring (bicyclic) bond motifs is 3. The molecule has 1 N–H and O–H groups in total. The molecule has 0 radical (unpaired) electrons. The maximum Gasteiger partial charge on any atom is 0.278 e. The first kappa shape index (κ1) is 21.0. The van der Waals surface area contributed by atoms with Crippen LogP contribution in [0, 0.1) is 11.6 Å². The zero-order chi connectivity index (χ0) is 24.1. The van der Waals surface area contributed by atoms with Crippen LogP contribution >= 0.6 is 11.8 Å². The lowest BCUT2D eigenvalue weighted by atomic mass is 9.92. The summed E-state index contributed by atoms with van der Waals surface area (Å²) in [5.41, 5.74) is -0.0345. The molecule has 1 amide bonds. The molecule has 1 spiro atoms. The highest BCUT2D eigenvalue weighted by Gasteiger charge is 2.71. The molecule has 1 aromatic heterocycles. The van der Waals surface area contributed by atoms with Crippen molar-refractivity contribution in [1.29, 1.82) is 0 Å². The van der Waals surface area contributed by atoms with Crippen molar-refractivity contribution < 1.29 is 23.4 Å². The molecule has 0 unspecified atom stereocenters. The Hall–Kier alpha value is -3.37. The summed E-state index contributed by atoms with van der Waals surface area (Å²) in [6, 6.07) is 10.9. The average Bonchev–Trinajstić information content (AvgIpc) is 3.62. The third kappa shape index (κ3) is 2.63. The SMILES string of the molecule is O=C1c2c(O)c(=O)ccn2N([C@@H]2c3ccccc3SCc3c2ccc(F)c3F)[C@@]23C[C@@H]2OCCN13. The molecule has 2 fully saturated rings. The number of morpholine rings is 1. The number of hydrogen-bond donors (Lipinski definition) is 1. The molecule has 7 nitrogen and oxygen atoms in total. The monoisotopic (exact) mass is 495 g/mol. The van der Waals surface area contributed by atoms with Crippen LogP contribution in [-0.2, 0) is 10.5 Å². The number of carbonyl (C=O) groups excluding carboxylic acids is 1. The number of halogens is 2. The van der Waals surface area contributed by atoms with Gasteiger partial charge in [0.1, 0.15) is 6.10 Å². The van der Waals surface area contributed by atoms with Crippen molar-refractivity contribution in [3.05, 3.63) is 92.9 Å². The number of aromatic nitrogens is 1. The second-order valence-corrected chi connectivity index (χ2v) is 10.1. The molecule has 178 valence electrons. The number of amides is 1. The minimum absolute atomic E-state index is 0.144. The fourth-order valence-electron chi connectivity index (χ4n) is 5.80. The third-order valence-electron chi connectivity index (χ3n) is 7.43. The maximum atomic E-state index is 15.2. The zero-order valence-electron chi connectivity index (χ0n) is 18.3. The molecule has 7 rings (SSSR count). The van der Waals surface area contributed by atoms with E-state index in [2.05, 4.69) is 0 Å². The predicted molar refractivity (Wildman–Crippen MR) is 123 cm³/mol. The summed E-state index contributed by atoms with van der Waals surface area (Å²) in [4.78, 5) is 28.4. The van der Waals surface area contributed by atoms with Gasteiger partial charge in [-0.2, -0.15) is 0 Å². The third-order valence-corrected chi connectivity index (χ3v) is 8.55. The first-order chi connectivity index (χ1) is 16.9. The Morgan fingerprint density at radius 2 is 1.91 bits per heavy atom. The molecule has 4 heterocycles. The number of rotatable bonds is 1. The van der Waals surface area contributed by atoms with Crippen LogP contribution in [0.4, 0.5) is 8.78 Å². The smallest absolute Gasteiger partial charge is 0.278 e. The van der Waals surface area contributed by atoms with Gasteiger partial charge in [0.25, 0.3) is 5.91 Å². The molecule has 1 saturated heterocycles. The summed E-state index contributed by atoms with van der Waals surface area (Å²) in [6.45, 7) is 0.611. The van der Waals surface area contributed by atoms with Crippen molar-refractivity contribution >= 4 is 17.7 Å². The van der Waals surface area contributed by atoms with Crippen molar-refractivity contribution in [2.75, 3.05) is 18.2 Å². The van der Waals surface area contributed by atoms with Gasteiger partial charge in [-0.1, -0.05) is 24.3 Å². The van der Waals surface area contributed by atoms with Crippen molar-refractivity contribution in [2.45, 2.75) is 34.9 Å². The number of thioether (sulfide) groups is 1. The Balaban J connectivity index is 1.57. The number of nitrogens with zero attached hydrogens (tertiary/aromatic N) is 3. The van der Waals surface area contributed by atoms with E-state index < -0.39 is 40.4 Å². The number of benzene rings is 2. The van der Waals surface area contributed by atoms with Gasteiger partial charge in [0.05, 0.1) is 12.6 Å². The van der Waals surface area contributed by atoms with E-state index in [4.69, 9.17) is 4.74 Å². The topological polar surface area (TPSA) is 75.0 Å². The van der Waals surface area contributed by atoms with Crippen LogP contribution in [0.15, 0.2) is 58.4 Å². The van der Waals surface area contributed by atoms with Gasteiger partial charge in [-0.3, -0.25) is 19.3 Å². The summed E-state index contributed by atoms with van der Waals surface area (Å²) in [6.07, 6.45) is 1.67. The van der Waals surface area contributed by atoms with Crippen LogP contribution in [0.1, 0.15) is 39.6 Å². The molecule has 3 atom stereocenters. The van der Waals surface area contributed by atoms with E-state index in [0.717, 1.165) is 16.5 Å². The highest BCUT2D eigenvalue weighted by molar-refractivity contribution is 7.98. The van der Waals surface area contributed by atoms with E-state index in [-0.39, 0.29) is 29.7 Å². The van der Waals surface area contributed by atoms with Gasteiger partial charge in [0, 0.05) is 41.4 Å². The fraction of sp³-hybridized carbons (Fsp3) is 0.280. The maximum absolute atomic E-state index is 15.2. The predicted octanol–water partition coefficient (Wildman–Crippen LogP) is 3.12. The quantitative estimate of drug-likeness (QED) is 0.559. The van der Waals surface area contributed by atoms with E-state index in [1.54, 1.807) is 11.0 Å². The molecule has 4 aliphatic rings. The Morgan fingerprint density at radius 1 is 1.09 bits per heavy atom. The first-order valence-corrected chi connectivity index (χ1v) is 12.3. The highest BCUT2D eigenvalue weighted by atomic mass is 32.2. The van der Waals surface area contributed by atoms with E-state index in [0.29, 0.717) is 18.6 Å². The lowest BCUT2D eigenvalue weighted by molar-refractivity contribution is -0.0218. The van der Waals surface area contributed by atoms with Gasteiger partial charge in [-0.15, -0.1) is 11.8 Å². The van der Waals surface area contributed by atoms with E-state index in [9.17, 15) is 19.1 Å². The summed E-state index contributed by atoms with van der Waals surface area (Å²) < 4.78 is 37.0. The number of aromatic hydroxyl groups is 1. The summed E-state index contributed by atoms with van der Waals surface area (Å²) in [5, 5.41) is 12.6. The molecule has 35 heavy (non-hydrogen) atoms. The number of carbonyl (C=O) groups is 1. The number of hydrogen-bond acceptors (Lipinski definition) is 6. The van der Waals surface area contributed by atoms with Crippen LogP contribution in [0.5, 0.6) is 5.75 Å². The molecular formula is C25H19F2N3O4S. The summed E-state index contributed by atoms with van der Waals surface area (Å²) in [7, 11) is 0. The second-order valence-electron chi connectivity index (χ2n) is 9.12. The average molecular weight is 496 g/mol. The summed E-state index contributed by atoms with van der Waals surface area (Å²) >= 11 is 1.42. The highest BCUT2D eigenvalue weighted by Crippen LogP contribution is 2.56. The zero-order valence-corrected chi connectivity index (χ0v) is 19.1. The Kier molecular flexibility index (Phi) is 4.24. The normalized spacial score (nSPS) is 26.2. The standard InChI is InChI=1S/C25H19F2N3O4S/c26-16-6-5-13-15(20(16)27)12-35-18-4-2-1-3-14(18)21(13)30-25-11-19(25)34-10-9-28(25)24(33)22-23(32)17(31)7-8-29(22)30/h1-8,19,21,32H,9-12H2/t19-,21-,25-/m0/s1. The van der Waals surface area contributed by atoms with Crippen LogP contribution in [-0.4, -0.2) is 45.5 Å². The molecule has 3 aromatic rings. The van der Waals surface area contributed by atoms with Gasteiger partial charge < -0.3 is 14.7 Å². The van der Waals surface area contributed by atoms with Crippen molar-refractivity contribution in [3.8, 4) is 5.75 Å². The van der Waals surface area contributed by atoms with Crippen LogP contribution in [0.25, 0.3) is 0 Å². The van der Waals surface area contributed by atoms with Gasteiger partial charge in [-0.05, 0) is 23.3 Å². The molecular weight excluding hydrogens is 476 g/mol. The van der Waals surface area contributed by atoms with E-state index in [1.807, 2.05) is 29.3 Å². The summed E-state index contributed by atoms with van der Waals surface area (Å²) in [5.74, 6) is -2.68.